The van der Waals surface area contributed by atoms with Crippen LogP contribution < -0.4 is 0 Å². The summed E-state index contributed by atoms with van der Waals surface area (Å²) >= 11 is 0. The number of benzene rings is 1. The van der Waals surface area contributed by atoms with Crippen molar-refractivity contribution in [3.63, 3.8) is 0 Å². The zero-order valence-corrected chi connectivity index (χ0v) is 11.4. The topological polar surface area (TPSA) is 57.6 Å². The summed E-state index contributed by atoms with van der Waals surface area (Å²) in [5.41, 5.74) is 0.781. The van der Waals surface area contributed by atoms with Crippen LogP contribution in [0.15, 0.2) is 29.2 Å². The summed E-state index contributed by atoms with van der Waals surface area (Å²) in [4.78, 5) is 0.398. The Balaban J connectivity index is 2.21. The SMILES string of the molecule is Cc1ccccc1S(=O)(=O)N1CCC(CCO)C1. The van der Waals surface area contributed by atoms with Gasteiger partial charge in [-0.3, -0.25) is 0 Å². The second kappa shape index (κ2) is 5.38. The summed E-state index contributed by atoms with van der Waals surface area (Å²) in [6, 6.07) is 7.06. The molecule has 1 atom stereocenters. The van der Waals surface area contributed by atoms with Crippen molar-refractivity contribution < 1.29 is 13.5 Å². The van der Waals surface area contributed by atoms with Gasteiger partial charge in [0.1, 0.15) is 0 Å². The number of hydrogen-bond acceptors (Lipinski definition) is 3. The number of aliphatic hydroxyl groups is 1. The first-order chi connectivity index (χ1) is 8.55. The van der Waals surface area contributed by atoms with Gasteiger partial charge in [-0.15, -0.1) is 0 Å². The van der Waals surface area contributed by atoms with Gasteiger partial charge in [0.05, 0.1) is 4.90 Å². The molecule has 5 heteroatoms. The van der Waals surface area contributed by atoms with E-state index in [9.17, 15) is 8.42 Å². The minimum Gasteiger partial charge on any atom is -0.396 e. The van der Waals surface area contributed by atoms with Crippen LogP contribution in [0.2, 0.25) is 0 Å². The van der Waals surface area contributed by atoms with Crippen LogP contribution in [0.4, 0.5) is 0 Å². The first-order valence-electron chi connectivity index (χ1n) is 6.22. The third-order valence-electron chi connectivity index (χ3n) is 3.50. The van der Waals surface area contributed by atoms with Gasteiger partial charge in [0, 0.05) is 19.7 Å². The molecule has 0 aliphatic carbocycles. The summed E-state index contributed by atoms with van der Waals surface area (Å²) < 4.78 is 26.5. The van der Waals surface area contributed by atoms with Gasteiger partial charge in [0.25, 0.3) is 0 Å². The monoisotopic (exact) mass is 269 g/mol. The molecule has 0 spiro atoms. The molecule has 1 aliphatic rings. The van der Waals surface area contributed by atoms with Gasteiger partial charge in [-0.25, -0.2) is 8.42 Å². The molecule has 0 amide bonds. The highest BCUT2D eigenvalue weighted by Gasteiger charge is 2.32. The molecule has 1 fully saturated rings. The lowest BCUT2D eigenvalue weighted by atomic mass is 10.1. The van der Waals surface area contributed by atoms with E-state index in [0.717, 1.165) is 12.0 Å². The zero-order valence-electron chi connectivity index (χ0n) is 10.5. The average Bonchev–Trinajstić information content (AvgIpc) is 2.79. The van der Waals surface area contributed by atoms with Crippen LogP contribution in [0.25, 0.3) is 0 Å². The first kappa shape index (κ1) is 13.5. The number of aryl methyl sites for hydroxylation is 1. The molecule has 1 aromatic carbocycles. The molecule has 0 saturated carbocycles. The van der Waals surface area contributed by atoms with E-state index in [-0.39, 0.29) is 12.5 Å². The Morgan fingerprint density at radius 2 is 2.11 bits per heavy atom. The third-order valence-corrected chi connectivity index (χ3v) is 5.52. The van der Waals surface area contributed by atoms with Crippen molar-refractivity contribution in [2.45, 2.75) is 24.7 Å². The zero-order chi connectivity index (χ0) is 13.2. The third kappa shape index (κ3) is 2.58. The summed E-state index contributed by atoms with van der Waals surface area (Å²) in [5.74, 6) is 0.286. The summed E-state index contributed by atoms with van der Waals surface area (Å²) in [5, 5.41) is 8.91. The standard InChI is InChI=1S/C13H19NO3S/c1-11-4-2-3-5-13(11)18(16,17)14-8-6-12(10-14)7-9-15/h2-5,12,15H,6-10H2,1H3. The van der Waals surface area contributed by atoms with Crippen LogP contribution in [0.1, 0.15) is 18.4 Å². The van der Waals surface area contributed by atoms with Gasteiger partial charge in [0.2, 0.25) is 10.0 Å². The van der Waals surface area contributed by atoms with Crippen LogP contribution in [-0.2, 0) is 10.0 Å². The highest BCUT2D eigenvalue weighted by Crippen LogP contribution is 2.27. The van der Waals surface area contributed by atoms with Gasteiger partial charge >= 0.3 is 0 Å². The number of sulfonamides is 1. The molecular formula is C13H19NO3S. The van der Waals surface area contributed by atoms with E-state index in [4.69, 9.17) is 5.11 Å². The van der Waals surface area contributed by atoms with Crippen LogP contribution in [0, 0.1) is 12.8 Å². The molecule has 1 saturated heterocycles. The summed E-state index contributed by atoms with van der Waals surface area (Å²) in [6.45, 7) is 3.02. The van der Waals surface area contributed by atoms with E-state index in [0.29, 0.717) is 24.4 Å². The Labute approximate surface area is 108 Å². The largest absolute Gasteiger partial charge is 0.396 e. The average molecular weight is 269 g/mol. The molecule has 1 aromatic rings. The Hall–Kier alpha value is -0.910. The lowest BCUT2D eigenvalue weighted by molar-refractivity contribution is 0.259. The fourth-order valence-electron chi connectivity index (χ4n) is 2.42. The molecule has 0 aromatic heterocycles. The van der Waals surface area contributed by atoms with Crippen molar-refractivity contribution >= 4 is 10.0 Å². The maximum Gasteiger partial charge on any atom is 0.243 e. The van der Waals surface area contributed by atoms with Gasteiger partial charge in [-0.05, 0) is 37.3 Å². The summed E-state index contributed by atoms with van der Waals surface area (Å²) in [6.07, 6.45) is 1.52. The Morgan fingerprint density at radius 3 is 2.78 bits per heavy atom. The molecule has 4 nitrogen and oxygen atoms in total. The van der Waals surface area contributed by atoms with Crippen LogP contribution in [0.3, 0.4) is 0 Å². The highest BCUT2D eigenvalue weighted by atomic mass is 32.2. The second-order valence-electron chi connectivity index (χ2n) is 4.80. The molecule has 1 N–H and O–H groups in total. The molecule has 1 unspecified atom stereocenters. The quantitative estimate of drug-likeness (QED) is 0.898. The molecule has 0 radical (unpaired) electrons. The van der Waals surface area contributed by atoms with E-state index < -0.39 is 10.0 Å². The fraction of sp³-hybridized carbons (Fsp3) is 0.538. The molecule has 0 bridgehead atoms. The second-order valence-corrected chi connectivity index (χ2v) is 6.70. The molecule has 1 aliphatic heterocycles. The first-order valence-corrected chi connectivity index (χ1v) is 7.66. The van der Waals surface area contributed by atoms with Crippen molar-refractivity contribution in [3.8, 4) is 0 Å². The van der Waals surface area contributed by atoms with Crippen molar-refractivity contribution in [3.05, 3.63) is 29.8 Å². The Kier molecular flexibility index (Phi) is 4.04. The number of aliphatic hydroxyl groups excluding tert-OH is 1. The number of hydrogen-bond donors (Lipinski definition) is 1. The smallest absolute Gasteiger partial charge is 0.243 e. The van der Waals surface area contributed by atoms with Crippen molar-refractivity contribution in [1.82, 2.24) is 4.31 Å². The molecule has 18 heavy (non-hydrogen) atoms. The summed E-state index contributed by atoms with van der Waals surface area (Å²) in [7, 11) is -3.37. The van der Waals surface area contributed by atoms with E-state index in [2.05, 4.69) is 0 Å². The highest BCUT2D eigenvalue weighted by molar-refractivity contribution is 7.89. The van der Waals surface area contributed by atoms with Gasteiger partial charge in [0.15, 0.2) is 0 Å². The van der Waals surface area contributed by atoms with Crippen LogP contribution >= 0.6 is 0 Å². The van der Waals surface area contributed by atoms with Crippen molar-refractivity contribution in [2.75, 3.05) is 19.7 Å². The maximum absolute atomic E-state index is 12.5. The molecule has 100 valence electrons. The fourth-order valence-corrected chi connectivity index (χ4v) is 4.18. The lowest BCUT2D eigenvalue weighted by Gasteiger charge is -2.17. The van der Waals surface area contributed by atoms with Crippen LogP contribution in [0.5, 0.6) is 0 Å². The van der Waals surface area contributed by atoms with E-state index in [1.54, 1.807) is 12.1 Å². The maximum atomic E-state index is 12.5. The lowest BCUT2D eigenvalue weighted by Crippen LogP contribution is -2.29. The minimum absolute atomic E-state index is 0.128. The Morgan fingerprint density at radius 1 is 1.39 bits per heavy atom. The van der Waals surface area contributed by atoms with Crippen molar-refractivity contribution in [2.24, 2.45) is 5.92 Å². The Bertz CT molecular complexity index is 513. The molecule has 1 heterocycles. The normalized spacial score (nSPS) is 21.3. The van der Waals surface area contributed by atoms with Gasteiger partial charge in [-0.2, -0.15) is 4.31 Å². The molecule has 2 rings (SSSR count). The van der Waals surface area contributed by atoms with E-state index in [1.165, 1.54) is 4.31 Å². The van der Waals surface area contributed by atoms with E-state index >= 15 is 0 Å². The minimum atomic E-state index is -3.37. The number of rotatable bonds is 4. The number of nitrogens with zero attached hydrogens (tertiary/aromatic N) is 1. The van der Waals surface area contributed by atoms with Gasteiger partial charge in [-0.1, -0.05) is 18.2 Å². The van der Waals surface area contributed by atoms with Crippen LogP contribution in [-0.4, -0.2) is 37.5 Å². The predicted octanol–water partition coefficient (Wildman–Crippen LogP) is 1.39. The van der Waals surface area contributed by atoms with Crippen molar-refractivity contribution in [1.29, 1.82) is 0 Å². The van der Waals surface area contributed by atoms with E-state index in [1.807, 2.05) is 19.1 Å². The molecular weight excluding hydrogens is 250 g/mol. The van der Waals surface area contributed by atoms with Gasteiger partial charge < -0.3 is 5.11 Å². The predicted molar refractivity (Wildman–Crippen MR) is 69.7 cm³/mol.